The zero-order valence-corrected chi connectivity index (χ0v) is 63.9. The van der Waals surface area contributed by atoms with Crippen LogP contribution in [-0.2, 0) is 65.4 Å². The maximum absolute atomic E-state index is 13.1. The summed E-state index contributed by atoms with van der Waals surface area (Å²) in [7, 11) is -9.91. The summed E-state index contributed by atoms with van der Waals surface area (Å²) in [6.45, 7) is 11.9. The van der Waals surface area contributed by atoms with Gasteiger partial charge in [-0.15, -0.1) is 0 Å². The number of aliphatic hydroxyl groups excluding tert-OH is 1. The molecular weight excluding hydrogens is 1250 g/mol. The van der Waals surface area contributed by atoms with Crippen molar-refractivity contribution in [2.24, 2.45) is 17.8 Å². The van der Waals surface area contributed by atoms with E-state index in [4.69, 9.17) is 37.0 Å². The molecule has 0 rings (SSSR count). The first-order chi connectivity index (χ1) is 45.8. The lowest BCUT2D eigenvalue weighted by Gasteiger charge is -2.21. The van der Waals surface area contributed by atoms with Gasteiger partial charge < -0.3 is 33.8 Å². The van der Waals surface area contributed by atoms with Gasteiger partial charge >= 0.3 is 39.5 Å². The Morgan fingerprint density at radius 1 is 0.305 bits per heavy atom. The molecule has 95 heavy (non-hydrogen) atoms. The molecule has 0 radical (unpaired) electrons. The van der Waals surface area contributed by atoms with E-state index in [9.17, 15) is 43.2 Å². The Morgan fingerprint density at radius 3 is 0.800 bits per heavy atom. The zero-order chi connectivity index (χ0) is 70.1. The topological polar surface area (TPSA) is 237 Å². The molecule has 0 aromatic carbocycles. The van der Waals surface area contributed by atoms with Crippen molar-refractivity contribution in [3.05, 3.63) is 0 Å². The Hall–Kier alpha value is -1.94. The van der Waals surface area contributed by atoms with Crippen LogP contribution < -0.4 is 0 Å². The van der Waals surface area contributed by atoms with E-state index in [2.05, 4.69) is 48.5 Å². The third-order valence-electron chi connectivity index (χ3n) is 18.4. The third kappa shape index (κ3) is 67.6. The number of unbranched alkanes of at least 4 members (excludes halogenated alkanes) is 40. The summed E-state index contributed by atoms with van der Waals surface area (Å²) in [5, 5.41) is 10.6. The van der Waals surface area contributed by atoms with E-state index in [1.807, 2.05) is 0 Å². The Bertz CT molecular complexity index is 1860. The molecule has 0 saturated heterocycles. The van der Waals surface area contributed by atoms with E-state index in [0.29, 0.717) is 31.6 Å². The number of esters is 4. The van der Waals surface area contributed by atoms with Gasteiger partial charge in [0.15, 0.2) is 12.2 Å². The van der Waals surface area contributed by atoms with Crippen molar-refractivity contribution in [3.8, 4) is 0 Å². The summed E-state index contributed by atoms with van der Waals surface area (Å²) in [5.41, 5.74) is 0. The van der Waals surface area contributed by atoms with E-state index in [-0.39, 0.29) is 25.7 Å². The largest absolute Gasteiger partial charge is 0.472 e. The fourth-order valence-corrected chi connectivity index (χ4v) is 13.1. The second kappa shape index (κ2) is 66.6. The SMILES string of the molecule is CCCCCCCCCCCCCCC(=O)O[C@H](COC(=O)CCCCCCCCC(C)C)COP(=O)(O)OC[C@H](O)COP(=O)(O)OC[C@@H](COC(=O)CCCCCCCCCCC(C)CC)OC(=O)CCCCCCCCCCCCCCCCCCCCC(C)CC. The van der Waals surface area contributed by atoms with Gasteiger partial charge in [0, 0.05) is 25.7 Å². The Kier molecular flexibility index (Phi) is 65.2. The Balaban J connectivity index is 5.18. The highest BCUT2D eigenvalue weighted by molar-refractivity contribution is 7.47. The van der Waals surface area contributed by atoms with E-state index >= 15 is 0 Å². The molecule has 564 valence electrons. The number of ether oxygens (including phenoxy) is 4. The molecule has 4 unspecified atom stereocenters. The van der Waals surface area contributed by atoms with Crippen LogP contribution in [0.25, 0.3) is 0 Å². The van der Waals surface area contributed by atoms with Gasteiger partial charge in [0.25, 0.3) is 0 Å². The van der Waals surface area contributed by atoms with Crippen molar-refractivity contribution in [2.45, 2.75) is 407 Å². The van der Waals surface area contributed by atoms with Crippen LogP contribution in [-0.4, -0.2) is 96.7 Å². The maximum Gasteiger partial charge on any atom is 0.472 e. The van der Waals surface area contributed by atoms with Gasteiger partial charge in [0.2, 0.25) is 0 Å². The molecule has 0 fully saturated rings. The summed E-state index contributed by atoms with van der Waals surface area (Å²) < 4.78 is 68.4. The lowest BCUT2D eigenvalue weighted by Crippen LogP contribution is -2.30. The molecule has 0 aliphatic heterocycles. The molecule has 0 bridgehead atoms. The van der Waals surface area contributed by atoms with Crippen LogP contribution in [0.15, 0.2) is 0 Å². The average Bonchev–Trinajstić information content (AvgIpc) is 1.56. The summed E-state index contributed by atoms with van der Waals surface area (Å²) in [4.78, 5) is 72.7. The van der Waals surface area contributed by atoms with Crippen LogP contribution in [0.2, 0.25) is 0 Å². The van der Waals surface area contributed by atoms with Gasteiger partial charge in [0.1, 0.15) is 19.3 Å². The fourth-order valence-electron chi connectivity index (χ4n) is 11.5. The molecule has 0 saturated carbocycles. The highest BCUT2D eigenvalue weighted by atomic mass is 31.2. The maximum atomic E-state index is 13.1. The number of hydrogen-bond acceptors (Lipinski definition) is 15. The van der Waals surface area contributed by atoms with Gasteiger partial charge in [-0.25, -0.2) is 9.13 Å². The summed E-state index contributed by atoms with van der Waals surface area (Å²) in [5.74, 6) is 0.207. The highest BCUT2D eigenvalue weighted by Crippen LogP contribution is 2.45. The predicted octanol–water partition coefficient (Wildman–Crippen LogP) is 22.2. The number of aliphatic hydroxyl groups is 1. The van der Waals surface area contributed by atoms with Crippen molar-refractivity contribution in [3.63, 3.8) is 0 Å². The normalized spacial score (nSPS) is 14.6. The molecule has 0 aromatic heterocycles. The van der Waals surface area contributed by atoms with Crippen LogP contribution in [0.4, 0.5) is 0 Å². The van der Waals surface area contributed by atoms with Crippen molar-refractivity contribution in [1.82, 2.24) is 0 Å². The highest BCUT2D eigenvalue weighted by Gasteiger charge is 2.30. The van der Waals surface area contributed by atoms with Gasteiger partial charge in [0.05, 0.1) is 26.4 Å². The minimum absolute atomic E-state index is 0.106. The minimum atomic E-state index is -4.96. The standard InChI is InChI=1S/C76H148O17P2/c1-8-11-12-13-14-15-16-26-29-36-45-52-59-75(80)93-72(64-87-74(79)58-51-44-39-38-40-47-54-67(4)5)66-91-95(84,85)89-62-70(77)61-88-94(82,83)90-65-71(63-86-73(78)57-50-43-35-32-31-34-42-49-56-69(7)10-3)92-76(81)60-53-46-37-30-27-24-22-20-18-17-19-21-23-25-28-33-41-48-55-68(6)9-2/h67-72,77H,8-66H2,1-7H3,(H,82,83)(H,84,85)/t68?,69?,70-,71-,72-/m1/s1. The monoisotopic (exact) mass is 1400 g/mol. The number of phosphoric acid groups is 2. The molecule has 17 nitrogen and oxygen atoms in total. The molecule has 0 aliphatic carbocycles. The number of carbonyl (C=O) groups excluding carboxylic acids is 4. The van der Waals surface area contributed by atoms with Crippen molar-refractivity contribution in [1.29, 1.82) is 0 Å². The van der Waals surface area contributed by atoms with Gasteiger partial charge in [-0.05, 0) is 43.4 Å². The van der Waals surface area contributed by atoms with Crippen LogP contribution >= 0.6 is 15.6 Å². The van der Waals surface area contributed by atoms with Crippen molar-refractivity contribution >= 4 is 39.5 Å². The number of phosphoric ester groups is 2. The van der Waals surface area contributed by atoms with E-state index in [1.54, 1.807) is 0 Å². The molecular formula is C76H148O17P2. The fraction of sp³-hybridized carbons (Fsp3) is 0.947. The first-order valence-corrected chi connectivity index (χ1v) is 42.4. The predicted molar refractivity (Wildman–Crippen MR) is 386 cm³/mol. The van der Waals surface area contributed by atoms with Gasteiger partial charge in [-0.3, -0.25) is 37.3 Å². The van der Waals surface area contributed by atoms with Crippen LogP contribution in [0, 0.1) is 17.8 Å². The van der Waals surface area contributed by atoms with E-state index in [1.165, 1.54) is 193 Å². The number of hydrogen-bond donors (Lipinski definition) is 3. The molecule has 0 aromatic rings. The smallest absolute Gasteiger partial charge is 0.462 e. The third-order valence-corrected chi connectivity index (χ3v) is 20.3. The first kappa shape index (κ1) is 93.1. The Labute approximate surface area is 581 Å². The van der Waals surface area contributed by atoms with E-state index in [0.717, 1.165) is 108 Å². The van der Waals surface area contributed by atoms with E-state index < -0.39 is 97.5 Å². The van der Waals surface area contributed by atoms with Crippen LogP contribution in [0.3, 0.4) is 0 Å². The molecule has 0 heterocycles. The number of carbonyl (C=O) groups is 4. The number of rotatable bonds is 74. The summed E-state index contributed by atoms with van der Waals surface area (Å²) in [6, 6.07) is 0. The molecule has 3 N–H and O–H groups in total. The lowest BCUT2D eigenvalue weighted by molar-refractivity contribution is -0.161. The molecule has 19 heteroatoms. The lowest BCUT2D eigenvalue weighted by atomic mass is 9.99. The Morgan fingerprint density at radius 2 is 0.537 bits per heavy atom. The average molecular weight is 1400 g/mol. The van der Waals surface area contributed by atoms with Gasteiger partial charge in [-0.2, -0.15) is 0 Å². The second-order valence-electron chi connectivity index (χ2n) is 28.4. The van der Waals surface area contributed by atoms with Crippen molar-refractivity contribution in [2.75, 3.05) is 39.6 Å². The summed E-state index contributed by atoms with van der Waals surface area (Å²) in [6.07, 6.45) is 52.9. The van der Waals surface area contributed by atoms with Crippen molar-refractivity contribution < 1.29 is 80.2 Å². The zero-order valence-electron chi connectivity index (χ0n) is 62.1. The van der Waals surface area contributed by atoms with Crippen LogP contribution in [0.5, 0.6) is 0 Å². The minimum Gasteiger partial charge on any atom is -0.462 e. The summed E-state index contributed by atoms with van der Waals surface area (Å²) >= 11 is 0. The molecule has 7 atom stereocenters. The molecule has 0 spiro atoms. The first-order valence-electron chi connectivity index (χ1n) is 39.4. The molecule has 0 amide bonds. The van der Waals surface area contributed by atoms with Crippen LogP contribution in [0.1, 0.15) is 389 Å². The quantitative estimate of drug-likeness (QED) is 0.0222. The molecule has 0 aliphatic rings. The van der Waals surface area contributed by atoms with Gasteiger partial charge in [-0.1, -0.05) is 337 Å². The second-order valence-corrected chi connectivity index (χ2v) is 31.3.